The predicted molar refractivity (Wildman–Crippen MR) is 63.6 cm³/mol. The number of amides is 3. The molecule has 0 aromatic rings. The first-order valence-corrected chi connectivity index (χ1v) is 5.71. The molecule has 0 radical (unpaired) electrons. The van der Waals surface area contributed by atoms with Gasteiger partial charge in [0.05, 0.1) is 11.8 Å². The number of carboxylic acid groups (broad SMARTS) is 1. The van der Waals surface area contributed by atoms with Crippen molar-refractivity contribution in [3.8, 4) is 0 Å². The second-order valence-corrected chi connectivity index (χ2v) is 4.08. The molecule has 2 unspecified atom stereocenters. The maximum Gasteiger partial charge on any atom is 0.312 e. The molecule has 7 nitrogen and oxygen atoms in total. The number of rotatable bonds is 5. The van der Waals surface area contributed by atoms with E-state index in [0.717, 1.165) is 0 Å². The molecular formula is C11H17N3O4. The summed E-state index contributed by atoms with van der Waals surface area (Å²) in [5.74, 6) is -2.51. The molecule has 3 amide bonds. The van der Waals surface area contributed by atoms with Crippen LogP contribution in [0.3, 0.4) is 0 Å². The van der Waals surface area contributed by atoms with Gasteiger partial charge < -0.3 is 21.5 Å². The summed E-state index contributed by atoms with van der Waals surface area (Å²) in [7, 11) is 0. The van der Waals surface area contributed by atoms with Crippen LogP contribution in [0, 0.1) is 11.8 Å². The second kappa shape index (κ2) is 6.63. The lowest BCUT2D eigenvalue weighted by Gasteiger charge is -2.24. The Balaban J connectivity index is 2.42. The van der Waals surface area contributed by atoms with Gasteiger partial charge in [-0.3, -0.25) is 9.59 Å². The number of allylic oxidation sites excluding steroid dienone is 2. The van der Waals surface area contributed by atoms with Crippen molar-refractivity contribution in [2.45, 2.75) is 12.8 Å². The van der Waals surface area contributed by atoms with E-state index in [2.05, 4.69) is 10.6 Å². The van der Waals surface area contributed by atoms with Crippen LogP contribution in [0.2, 0.25) is 0 Å². The number of primary amides is 1. The first-order valence-electron chi connectivity index (χ1n) is 5.71. The van der Waals surface area contributed by atoms with Crippen molar-refractivity contribution >= 4 is 17.9 Å². The minimum atomic E-state index is -0.963. The fraction of sp³-hybridized carbons (Fsp3) is 0.545. The van der Waals surface area contributed by atoms with Crippen LogP contribution in [0.15, 0.2) is 12.2 Å². The molecule has 0 fully saturated rings. The van der Waals surface area contributed by atoms with Crippen LogP contribution in [0.25, 0.3) is 0 Å². The zero-order valence-electron chi connectivity index (χ0n) is 9.89. The highest BCUT2D eigenvalue weighted by molar-refractivity contribution is 5.85. The number of nitrogens with one attached hydrogen (secondary N) is 2. The molecule has 0 spiro atoms. The van der Waals surface area contributed by atoms with Crippen LogP contribution in [-0.2, 0) is 9.59 Å². The number of carboxylic acids is 1. The van der Waals surface area contributed by atoms with E-state index in [1.807, 2.05) is 6.08 Å². The van der Waals surface area contributed by atoms with Gasteiger partial charge in [-0.15, -0.1) is 0 Å². The highest BCUT2D eigenvalue weighted by Crippen LogP contribution is 2.25. The zero-order valence-corrected chi connectivity index (χ0v) is 9.89. The van der Waals surface area contributed by atoms with Crippen molar-refractivity contribution in [3.05, 3.63) is 12.2 Å². The second-order valence-electron chi connectivity index (χ2n) is 4.08. The number of carbonyl (C=O) groups excluding carboxylic acids is 2. The largest absolute Gasteiger partial charge is 0.481 e. The highest BCUT2D eigenvalue weighted by Gasteiger charge is 2.33. The monoisotopic (exact) mass is 255 g/mol. The Kier molecular flexibility index (Phi) is 5.16. The number of aliphatic carboxylic acids is 1. The van der Waals surface area contributed by atoms with Gasteiger partial charge in [0.1, 0.15) is 0 Å². The summed E-state index contributed by atoms with van der Waals surface area (Å²) >= 11 is 0. The van der Waals surface area contributed by atoms with Crippen LogP contribution >= 0.6 is 0 Å². The Labute approximate surface area is 104 Å². The third-order valence-corrected chi connectivity index (χ3v) is 2.81. The maximum absolute atomic E-state index is 11.8. The van der Waals surface area contributed by atoms with Crippen molar-refractivity contribution in [2.75, 3.05) is 13.1 Å². The molecule has 0 saturated carbocycles. The Bertz CT molecular complexity index is 367. The Morgan fingerprint density at radius 2 is 1.67 bits per heavy atom. The molecule has 1 aliphatic carbocycles. The van der Waals surface area contributed by atoms with E-state index in [-0.39, 0.29) is 19.0 Å². The number of hydrogen-bond donors (Lipinski definition) is 4. The summed E-state index contributed by atoms with van der Waals surface area (Å²) in [6, 6.07) is -0.659. The van der Waals surface area contributed by atoms with E-state index < -0.39 is 23.8 Å². The summed E-state index contributed by atoms with van der Waals surface area (Å²) in [5, 5.41) is 13.9. The molecule has 1 aliphatic rings. The molecular weight excluding hydrogens is 238 g/mol. The summed E-state index contributed by atoms with van der Waals surface area (Å²) in [6.45, 7) is 0.454. The molecule has 1 rings (SSSR count). The van der Waals surface area contributed by atoms with Crippen molar-refractivity contribution in [2.24, 2.45) is 17.6 Å². The predicted octanol–water partition coefficient (Wildman–Crippen LogP) is -0.562. The van der Waals surface area contributed by atoms with Gasteiger partial charge >= 0.3 is 12.0 Å². The van der Waals surface area contributed by atoms with Crippen molar-refractivity contribution in [3.63, 3.8) is 0 Å². The molecule has 7 heteroatoms. The fourth-order valence-corrected chi connectivity index (χ4v) is 1.88. The molecule has 0 saturated heterocycles. The van der Waals surface area contributed by atoms with E-state index >= 15 is 0 Å². The van der Waals surface area contributed by atoms with E-state index in [4.69, 9.17) is 10.8 Å². The smallest absolute Gasteiger partial charge is 0.312 e. The van der Waals surface area contributed by atoms with Gasteiger partial charge in [0, 0.05) is 13.1 Å². The Morgan fingerprint density at radius 1 is 1.11 bits per heavy atom. The van der Waals surface area contributed by atoms with Gasteiger partial charge in [0.15, 0.2) is 0 Å². The molecule has 0 aromatic carbocycles. The molecule has 2 atom stereocenters. The van der Waals surface area contributed by atoms with Gasteiger partial charge in [-0.1, -0.05) is 12.2 Å². The van der Waals surface area contributed by atoms with Crippen LogP contribution in [0.1, 0.15) is 12.8 Å². The number of urea groups is 1. The highest BCUT2D eigenvalue weighted by atomic mass is 16.4. The van der Waals surface area contributed by atoms with Crippen LogP contribution in [-0.4, -0.2) is 36.1 Å². The normalized spacial score (nSPS) is 22.2. The molecule has 100 valence electrons. The molecule has 18 heavy (non-hydrogen) atoms. The summed E-state index contributed by atoms with van der Waals surface area (Å²) in [5.41, 5.74) is 4.86. The lowest BCUT2D eigenvalue weighted by Crippen LogP contribution is -2.42. The molecule has 0 bridgehead atoms. The van der Waals surface area contributed by atoms with E-state index in [9.17, 15) is 14.4 Å². The summed E-state index contributed by atoms with van der Waals surface area (Å²) in [6.07, 6.45) is 4.38. The first kappa shape index (κ1) is 14.0. The standard InChI is InChI=1S/C11H17N3O4/c12-11(18)14-6-5-13-9(15)7-3-1-2-4-8(7)10(16)17/h1-2,7-8H,3-6H2,(H,13,15)(H,16,17)(H3,12,14,18). The SMILES string of the molecule is NC(=O)NCCNC(=O)C1CC=CCC1C(=O)O. The zero-order chi connectivity index (χ0) is 13.5. The number of carbonyl (C=O) groups is 3. The molecule has 5 N–H and O–H groups in total. The van der Waals surface area contributed by atoms with Gasteiger partial charge in [-0.25, -0.2) is 4.79 Å². The van der Waals surface area contributed by atoms with E-state index in [0.29, 0.717) is 12.8 Å². The minimum absolute atomic E-state index is 0.224. The Hall–Kier alpha value is -2.05. The topological polar surface area (TPSA) is 122 Å². The first-order chi connectivity index (χ1) is 8.52. The molecule has 0 aliphatic heterocycles. The van der Waals surface area contributed by atoms with Gasteiger partial charge in [-0.2, -0.15) is 0 Å². The van der Waals surface area contributed by atoms with Gasteiger partial charge in [0.25, 0.3) is 0 Å². The number of nitrogens with two attached hydrogens (primary N) is 1. The average Bonchev–Trinajstić information content (AvgIpc) is 2.34. The lowest BCUT2D eigenvalue weighted by molar-refractivity contribution is -0.147. The third-order valence-electron chi connectivity index (χ3n) is 2.81. The van der Waals surface area contributed by atoms with Gasteiger partial charge in [-0.05, 0) is 12.8 Å². The van der Waals surface area contributed by atoms with Crippen molar-refractivity contribution in [1.82, 2.24) is 10.6 Å². The fourth-order valence-electron chi connectivity index (χ4n) is 1.88. The summed E-state index contributed by atoms with van der Waals surface area (Å²) < 4.78 is 0. The Morgan fingerprint density at radius 3 is 2.22 bits per heavy atom. The quantitative estimate of drug-likeness (QED) is 0.388. The molecule has 0 aromatic heterocycles. The average molecular weight is 255 g/mol. The van der Waals surface area contributed by atoms with Crippen LogP contribution in [0.4, 0.5) is 4.79 Å². The summed E-state index contributed by atoms with van der Waals surface area (Å²) in [4.78, 5) is 33.2. The molecule has 0 heterocycles. The van der Waals surface area contributed by atoms with Crippen molar-refractivity contribution < 1.29 is 19.5 Å². The van der Waals surface area contributed by atoms with E-state index in [1.165, 1.54) is 0 Å². The van der Waals surface area contributed by atoms with Crippen molar-refractivity contribution in [1.29, 1.82) is 0 Å². The van der Waals surface area contributed by atoms with Gasteiger partial charge in [0.2, 0.25) is 5.91 Å². The number of hydrogen-bond acceptors (Lipinski definition) is 3. The van der Waals surface area contributed by atoms with Crippen LogP contribution in [0.5, 0.6) is 0 Å². The third kappa shape index (κ3) is 4.08. The lowest BCUT2D eigenvalue weighted by atomic mass is 9.82. The maximum atomic E-state index is 11.8. The minimum Gasteiger partial charge on any atom is -0.481 e. The van der Waals surface area contributed by atoms with E-state index in [1.54, 1.807) is 6.08 Å². The van der Waals surface area contributed by atoms with Crippen LogP contribution < -0.4 is 16.4 Å².